The standard InChI is InChI=1S/C10H13NO2S/c1-7-8(4-6-13-7)14-9-3-5-11(2)10(9)12/h4,6,9H,3,5H2,1-2H3/t9-/m0/s1. The summed E-state index contributed by atoms with van der Waals surface area (Å²) < 4.78 is 5.19. The van der Waals surface area contributed by atoms with Crippen molar-refractivity contribution in [3.8, 4) is 0 Å². The van der Waals surface area contributed by atoms with E-state index >= 15 is 0 Å². The smallest absolute Gasteiger partial charge is 0.235 e. The van der Waals surface area contributed by atoms with Crippen LogP contribution in [0.3, 0.4) is 0 Å². The summed E-state index contributed by atoms with van der Waals surface area (Å²) in [5, 5.41) is 0.0799. The van der Waals surface area contributed by atoms with Crippen LogP contribution in [0.5, 0.6) is 0 Å². The third-order valence-electron chi connectivity index (χ3n) is 2.46. The maximum Gasteiger partial charge on any atom is 0.235 e. The molecule has 0 aromatic carbocycles. The molecule has 3 nitrogen and oxygen atoms in total. The molecule has 1 atom stereocenters. The quantitative estimate of drug-likeness (QED) is 0.749. The van der Waals surface area contributed by atoms with Crippen molar-refractivity contribution < 1.29 is 9.21 Å². The van der Waals surface area contributed by atoms with Crippen molar-refractivity contribution in [1.29, 1.82) is 0 Å². The number of hydrogen-bond donors (Lipinski definition) is 0. The van der Waals surface area contributed by atoms with E-state index in [1.807, 2.05) is 20.0 Å². The lowest BCUT2D eigenvalue weighted by Gasteiger charge is -2.08. The van der Waals surface area contributed by atoms with E-state index in [0.717, 1.165) is 23.6 Å². The topological polar surface area (TPSA) is 33.5 Å². The van der Waals surface area contributed by atoms with Gasteiger partial charge in [-0.2, -0.15) is 0 Å². The van der Waals surface area contributed by atoms with Crippen molar-refractivity contribution in [1.82, 2.24) is 4.90 Å². The van der Waals surface area contributed by atoms with Crippen molar-refractivity contribution in [2.75, 3.05) is 13.6 Å². The average Bonchev–Trinajstić information content (AvgIpc) is 2.68. The molecule has 14 heavy (non-hydrogen) atoms. The van der Waals surface area contributed by atoms with E-state index in [2.05, 4.69) is 0 Å². The Morgan fingerprint density at radius 1 is 1.64 bits per heavy atom. The van der Waals surface area contributed by atoms with E-state index in [9.17, 15) is 4.79 Å². The van der Waals surface area contributed by atoms with Crippen LogP contribution < -0.4 is 0 Å². The van der Waals surface area contributed by atoms with E-state index < -0.39 is 0 Å². The minimum Gasteiger partial charge on any atom is -0.468 e. The Morgan fingerprint density at radius 2 is 2.43 bits per heavy atom. The highest BCUT2D eigenvalue weighted by Gasteiger charge is 2.30. The molecular weight excluding hydrogens is 198 g/mol. The van der Waals surface area contributed by atoms with E-state index in [4.69, 9.17) is 4.42 Å². The van der Waals surface area contributed by atoms with Gasteiger partial charge in [0.1, 0.15) is 5.76 Å². The number of carbonyl (C=O) groups excluding carboxylic acids is 1. The second kappa shape index (κ2) is 3.69. The molecule has 0 unspecified atom stereocenters. The van der Waals surface area contributed by atoms with Gasteiger partial charge in [-0.1, -0.05) is 0 Å². The van der Waals surface area contributed by atoms with Crippen LogP contribution in [0, 0.1) is 6.92 Å². The summed E-state index contributed by atoms with van der Waals surface area (Å²) in [7, 11) is 1.85. The third-order valence-corrected chi connectivity index (χ3v) is 3.86. The van der Waals surface area contributed by atoms with Crippen LogP contribution in [0.15, 0.2) is 21.6 Å². The predicted octanol–water partition coefficient (Wildman–Crippen LogP) is 1.91. The lowest BCUT2D eigenvalue weighted by Crippen LogP contribution is -2.23. The number of nitrogens with zero attached hydrogens (tertiary/aromatic N) is 1. The van der Waals surface area contributed by atoms with Crippen LogP contribution >= 0.6 is 11.8 Å². The molecule has 2 rings (SSSR count). The fourth-order valence-electron chi connectivity index (χ4n) is 1.55. The Kier molecular flexibility index (Phi) is 2.54. The highest BCUT2D eigenvalue weighted by atomic mass is 32.2. The molecule has 1 fully saturated rings. The highest BCUT2D eigenvalue weighted by molar-refractivity contribution is 8.00. The molecule has 0 aliphatic carbocycles. The van der Waals surface area contributed by atoms with Crippen molar-refractivity contribution >= 4 is 17.7 Å². The Morgan fingerprint density at radius 3 is 2.93 bits per heavy atom. The summed E-state index contributed by atoms with van der Waals surface area (Å²) in [6.45, 7) is 2.79. The number of amides is 1. The van der Waals surface area contributed by atoms with Gasteiger partial charge >= 0.3 is 0 Å². The summed E-state index contributed by atoms with van der Waals surface area (Å²) in [6.07, 6.45) is 2.60. The van der Waals surface area contributed by atoms with Gasteiger partial charge in [0.05, 0.1) is 11.5 Å². The van der Waals surface area contributed by atoms with E-state index in [-0.39, 0.29) is 11.2 Å². The predicted molar refractivity (Wildman–Crippen MR) is 55.3 cm³/mol. The Bertz CT molecular complexity index is 348. The van der Waals surface area contributed by atoms with Gasteiger partial charge in [-0.15, -0.1) is 11.8 Å². The van der Waals surface area contributed by atoms with Gasteiger partial charge in [-0.3, -0.25) is 4.79 Å². The zero-order valence-electron chi connectivity index (χ0n) is 8.32. The van der Waals surface area contributed by atoms with Gasteiger partial charge in [0.25, 0.3) is 0 Å². The summed E-state index contributed by atoms with van der Waals surface area (Å²) >= 11 is 1.61. The maximum atomic E-state index is 11.6. The van der Waals surface area contributed by atoms with Crippen molar-refractivity contribution in [3.05, 3.63) is 18.1 Å². The van der Waals surface area contributed by atoms with Crippen LogP contribution in [0.2, 0.25) is 0 Å². The largest absolute Gasteiger partial charge is 0.468 e. The molecule has 2 heterocycles. The summed E-state index contributed by atoms with van der Waals surface area (Å²) in [5.41, 5.74) is 0. The fourth-order valence-corrected chi connectivity index (χ4v) is 2.71. The molecule has 76 valence electrons. The summed E-state index contributed by atoms with van der Waals surface area (Å²) in [5.74, 6) is 1.13. The SMILES string of the molecule is Cc1occc1S[C@H]1CCN(C)C1=O. The molecule has 1 aromatic heterocycles. The molecule has 0 radical (unpaired) electrons. The van der Waals surface area contributed by atoms with E-state index in [0.29, 0.717) is 0 Å². The first-order valence-electron chi connectivity index (χ1n) is 4.64. The van der Waals surface area contributed by atoms with Crippen LogP contribution in [-0.2, 0) is 4.79 Å². The second-order valence-electron chi connectivity index (χ2n) is 3.50. The molecule has 1 aliphatic heterocycles. The molecule has 1 saturated heterocycles. The van der Waals surface area contributed by atoms with Gasteiger partial charge in [-0.05, 0) is 19.4 Å². The van der Waals surface area contributed by atoms with Crippen molar-refractivity contribution in [3.63, 3.8) is 0 Å². The van der Waals surface area contributed by atoms with E-state index in [1.54, 1.807) is 22.9 Å². The molecule has 0 N–H and O–H groups in total. The number of carbonyl (C=O) groups is 1. The highest BCUT2D eigenvalue weighted by Crippen LogP contribution is 2.32. The van der Waals surface area contributed by atoms with Crippen LogP contribution in [0.1, 0.15) is 12.2 Å². The number of rotatable bonds is 2. The molecule has 1 aliphatic rings. The molecule has 1 amide bonds. The first-order valence-corrected chi connectivity index (χ1v) is 5.52. The zero-order chi connectivity index (χ0) is 10.1. The van der Waals surface area contributed by atoms with Crippen LogP contribution in [0.4, 0.5) is 0 Å². The molecule has 4 heteroatoms. The van der Waals surface area contributed by atoms with E-state index in [1.165, 1.54) is 0 Å². The first kappa shape index (κ1) is 9.65. The molecular formula is C10H13NO2S. The Balaban J connectivity index is 2.06. The molecule has 1 aromatic rings. The van der Waals surface area contributed by atoms with Crippen molar-refractivity contribution in [2.24, 2.45) is 0 Å². The number of thioether (sulfide) groups is 1. The molecule has 0 spiro atoms. The average molecular weight is 211 g/mol. The summed E-state index contributed by atoms with van der Waals surface area (Å²) in [4.78, 5) is 14.5. The fraction of sp³-hybridized carbons (Fsp3) is 0.500. The lowest BCUT2D eigenvalue weighted by molar-refractivity contribution is -0.126. The molecule has 0 bridgehead atoms. The lowest BCUT2D eigenvalue weighted by atomic mass is 10.4. The zero-order valence-corrected chi connectivity index (χ0v) is 9.13. The van der Waals surface area contributed by atoms with Gasteiger partial charge in [0.2, 0.25) is 5.91 Å². The molecule has 0 saturated carbocycles. The van der Waals surface area contributed by atoms with Gasteiger partial charge in [-0.25, -0.2) is 0 Å². The van der Waals surface area contributed by atoms with Gasteiger partial charge < -0.3 is 9.32 Å². The third kappa shape index (κ3) is 1.66. The summed E-state index contributed by atoms with van der Waals surface area (Å²) in [6, 6.07) is 1.92. The number of aryl methyl sites for hydroxylation is 1. The minimum atomic E-state index is 0.0799. The van der Waals surface area contributed by atoms with Crippen molar-refractivity contribution in [2.45, 2.75) is 23.5 Å². The number of likely N-dealkylation sites (tertiary alicyclic amines) is 1. The van der Waals surface area contributed by atoms with Crippen LogP contribution in [0.25, 0.3) is 0 Å². The first-order chi connectivity index (χ1) is 6.68. The number of hydrogen-bond acceptors (Lipinski definition) is 3. The second-order valence-corrected chi connectivity index (χ2v) is 4.74. The minimum absolute atomic E-state index is 0.0799. The van der Waals surface area contributed by atoms with Gasteiger partial charge in [0, 0.05) is 18.5 Å². The normalized spacial score (nSPS) is 22.0. The van der Waals surface area contributed by atoms with Crippen LogP contribution in [-0.4, -0.2) is 29.6 Å². The Labute approximate surface area is 87.5 Å². The van der Waals surface area contributed by atoms with Gasteiger partial charge in [0.15, 0.2) is 0 Å². The number of furan rings is 1. The maximum absolute atomic E-state index is 11.6. The monoisotopic (exact) mass is 211 g/mol. The Hall–Kier alpha value is -0.900.